The van der Waals surface area contributed by atoms with Crippen LogP contribution in [-0.2, 0) is 17.6 Å². The summed E-state index contributed by atoms with van der Waals surface area (Å²) >= 11 is 1.45. The molecule has 0 unspecified atom stereocenters. The third-order valence-corrected chi connectivity index (χ3v) is 3.46. The number of aliphatic carboxylic acids is 1. The molecule has 0 bridgehead atoms. The number of pyridine rings is 1. The first-order valence-electron chi connectivity index (χ1n) is 5.32. The van der Waals surface area contributed by atoms with Crippen LogP contribution in [0.25, 0.3) is 11.4 Å². The lowest BCUT2D eigenvalue weighted by Crippen LogP contribution is -1.99. The number of rotatable bonds is 4. The molecular weight excluding hydrogens is 236 g/mol. The Balaban J connectivity index is 2.44. The fraction of sp³-hybridized carbons (Fsp3) is 0.250. The van der Waals surface area contributed by atoms with Crippen LogP contribution in [0.1, 0.15) is 16.8 Å². The molecule has 0 saturated heterocycles. The molecular formula is C12H12N2O2S. The molecule has 0 radical (unpaired) electrons. The van der Waals surface area contributed by atoms with Crippen LogP contribution in [0.2, 0.25) is 0 Å². The van der Waals surface area contributed by atoms with Gasteiger partial charge in [0.15, 0.2) is 0 Å². The zero-order valence-electron chi connectivity index (χ0n) is 9.38. The van der Waals surface area contributed by atoms with Crippen molar-refractivity contribution in [1.82, 2.24) is 9.97 Å². The van der Waals surface area contributed by atoms with Gasteiger partial charge in [-0.3, -0.25) is 9.78 Å². The van der Waals surface area contributed by atoms with E-state index in [4.69, 9.17) is 5.11 Å². The molecule has 5 heteroatoms. The monoisotopic (exact) mass is 248 g/mol. The van der Waals surface area contributed by atoms with E-state index in [-0.39, 0.29) is 6.42 Å². The van der Waals surface area contributed by atoms with E-state index in [1.54, 1.807) is 6.20 Å². The summed E-state index contributed by atoms with van der Waals surface area (Å²) in [6.07, 6.45) is 2.50. The van der Waals surface area contributed by atoms with Gasteiger partial charge in [-0.2, -0.15) is 0 Å². The molecule has 88 valence electrons. The lowest BCUT2D eigenvalue weighted by Gasteiger charge is -1.98. The predicted molar refractivity (Wildman–Crippen MR) is 66.1 cm³/mol. The van der Waals surface area contributed by atoms with Crippen molar-refractivity contribution in [2.45, 2.75) is 19.8 Å². The number of nitrogens with zero attached hydrogens (tertiary/aromatic N) is 2. The number of hydrogen-bond donors (Lipinski definition) is 1. The van der Waals surface area contributed by atoms with Gasteiger partial charge in [-0.1, -0.05) is 13.0 Å². The molecule has 2 aromatic heterocycles. The SMILES string of the molecule is CCc1nc(-c2ccccn2)c(CC(=O)O)s1. The highest BCUT2D eigenvalue weighted by Crippen LogP contribution is 2.27. The van der Waals surface area contributed by atoms with Gasteiger partial charge in [-0.25, -0.2) is 4.98 Å². The van der Waals surface area contributed by atoms with Gasteiger partial charge in [0.25, 0.3) is 0 Å². The van der Waals surface area contributed by atoms with E-state index in [2.05, 4.69) is 9.97 Å². The number of carbonyl (C=O) groups is 1. The first kappa shape index (κ1) is 11.7. The fourth-order valence-corrected chi connectivity index (χ4v) is 2.52. The first-order valence-corrected chi connectivity index (χ1v) is 6.14. The van der Waals surface area contributed by atoms with Gasteiger partial charge in [-0.15, -0.1) is 11.3 Å². The molecule has 0 fully saturated rings. The van der Waals surface area contributed by atoms with Crippen molar-refractivity contribution in [1.29, 1.82) is 0 Å². The minimum atomic E-state index is -0.839. The molecule has 0 atom stereocenters. The molecule has 0 aliphatic heterocycles. The second kappa shape index (κ2) is 5.05. The van der Waals surface area contributed by atoms with E-state index in [0.29, 0.717) is 5.69 Å². The molecule has 0 aliphatic carbocycles. The lowest BCUT2D eigenvalue weighted by atomic mass is 10.2. The molecule has 0 saturated carbocycles. The van der Waals surface area contributed by atoms with E-state index in [0.717, 1.165) is 22.0 Å². The van der Waals surface area contributed by atoms with Crippen molar-refractivity contribution in [3.05, 3.63) is 34.3 Å². The Labute approximate surface area is 103 Å². The molecule has 2 aromatic rings. The quantitative estimate of drug-likeness (QED) is 0.902. The Kier molecular flexibility index (Phi) is 3.49. The highest BCUT2D eigenvalue weighted by Gasteiger charge is 2.15. The third-order valence-electron chi connectivity index (χ3n) is 2.26. The largest absolute Gasteiger partial charge is 0.481 e. The maximum Gasteiger partial charge on any atom is 0.308 e. The Hall–Kier alpha value is -1.75. The molecule has 0 aliphatic rings. The summed E-state index contributed by atoms with van der Waals surface area (Å²) in [5.41, 5.74) is 1.44. The number of thiazole rings is 1. The minimum absolute atomic E-state index is 0.00355. The van der Waals surface area contributed by atoms with Crippen LogP contribution in [0.3, 0.4) is 0 Å². The summed E-state index contributed by atoms with van der Waals surface area (Å²) in [7, 11) is 0. The molecule has 0 aromatic carbocycles. The number of hydrogen-bond acceptors (Lipinski definition) is 4. The molecule has 1 N–H and O–H groups in total. The smallest absolute Gasteiger partial charge is 0.308 e. The highest BCUT2D eigenvalue weighted by molar-refractivity contribution is 7.12. The van der Waals surface area contributed by atoms with Gasteiger partial charge >= 0.3 is 5.97 Å². The first-order chi connectivity index (χ1) is 8.20. The van der Waals surface area contributed by atoms with Gasteiger partial charge in [0.05, 0.1) is 17.1 Å². The summed E-state index contributed by atoms with van der Waals surface area (Å²) in [4.78, 5) is 20.2. The van der Waals surface area contributed by atoms with E-state index in [1.807, 2.05) is 25.1 Å². The Morgan fingerprint density at radius 3 is 2.88 bits per heavy atom. The van der Waals surface area contributed by atoms with Gasteiger partial charge < -0.3 is 5.11 Å². The topological polar surface area (TPSA) is 63.1 Å². The van der Waals surface area contributed by atoms with Crippen molar-refractivity contribution < 1.29 is 9.90 Å². The zero-order chi connectivity index (χ0) is 12.3. The van der Waals surface area contributed by atoms with Gasteiger partial charge in [0.1, 0.15) is 5.69 Å². The molecule has 17 heavy (non-hydrogen) atoms. The van der Waals surface area contributed by atoms with Crippen molar-refractivity contribution in [3.8, 4) is 11.4 Å². The number of aromatic nitrogens is 2. The minimum Gasteiger partial charge on any atom is -0.481 e. The van der Waals surface area contributed by atoms with Crippen LogP contribution in [0.15, 0.2) is 24.4 Å². The van der Waals surface area contributed by atoms with Crippen LogP contribution in [-0.4, -0.2) is 21.0 Å². The molecule has 0 amide bonds. The Morgan fingerprint density at radius 2 is 2.29 bits per heavy atom. The summed E-state index contributed by atoms with van der Waals surface area (Å²) in [5, 5.41) is 9.82. The Bertz CT molecular complexity index is 523. The summed E-state index contributed by atoms with van der Waals surface area (Å²) in [5.74, 6) is -0.839. The Morgan fingerprint density at radius 1 is 1.47 bits per heavy atom. The molecule has 2 heterocycles. The zero-order valence-corrected chi connectivity index (χ0v) is 10.2. The highest BCUT2D eigenvalue weighted by atomic mass is 32.1. The predicted octanol–water partition coefficient (Wildman–Crippen LogP) is 2.39. The lowest BCUT2D eigenvalue weighted by molar-refractivity contribution is -0.136. The van der Waals surface area contributed by atoms with Crippen LogP contribution in [0.5, 0.6) is 0 Å². The normalized spacial score (nSPS) is 10.4. The molecule has 4 nitrogen and oxygen atoms in total. The van der Waals surface area contributed by atoms with Crippen LogP contribution >= 0.6 is 11.3 Å². The van der Waals surface area contributed by atoms with Crippen molar-refractivity contribution in [2.24, 2.45) is 0 Å². The van der Waals surface area contributed by atoms with Crippen molar-refractivity contribution in [3.63, 3.8) is 0 Å². The maximum absolute atomic E-state index is 10.8. The van der Waals surface area contributed by atoms with E-state index >= 15 is 0 Å². The molecule has 0 spiro atoms. The van der Waals surface area contributed by atoms with E-state index in [1.165, 1.54) is 11.3 Å². The van der Waals surface area contributed by atoms with Crippen molar-refractivity contribution in [2.75, 3.05) is 0 Å². The average Bonchev–Trinajstić information content (AvgIpc) is 2.72. The van der Waals surface area contributed by atoms with Gasteiger partial charge in [0, 0.05) is 11.1 Å². The second-order valence-electron chi connectivity index (χ2n) is 3.52. The molecule has 2 rings (SSSR count). The standard InChI is InChI=1S/C12H12N2O2S/c1-2-10-14-12(8-5-3-4-6-13-8)9(17-10)7-11(15)16/h3-6H,2,7H2,1H3,(H,15,16). The number of carboxylic acids is 1. The van der Waals surface area contributed by atoms with Crippen molar-refractivity contribution >= 4 is 17.3 Å². The summed E-state index contributed by atoms with van der Waals surface area (Å²) in [6.45, 7) is 2.01. The second-order valence-corrected chi connectivity index (χ2v) is 4.69. The summed E-state index contributed by atoms with van der Waals surface area (Å²) < 4.78 is 0. The van der Waals surface area contributed by atoms with Crippen LogP contribution < -0.4 is 0 Å². The summed E-state index contributed by atoms with van der Waals surface area (Å²) in [6, 6.07) is 5.55. The number of aryl methyl sites for hydroxylation is 1. The number of carboxylic acid groups (broad SMARTS) is 1. The maximum atomic E-state index is 10.8. The van der Waals surface area contributed by atoms with Crippen LogP contribution in [0.4, 0.5) is 0 Å². The van der Waals surface area contributed by atoms with E-state index < -0.39 is 5.97 Å². The fourth-order valence-electron chi connectivity index (χ4n) is 1.51. The van der Waals surface area contributed by atoms with Gasteiger partial charge in [-0.05, 0) is 18.6 Å². The third kappa shape index (κ3) is 2.68. The van der Waals surface area contributed by atoms with Crippen LogP contribution in [0, 0.1) is 0 Å². The average molecular weight is 248 g/mol. The van der Waals surface area contributed by atoms with E-state index in [9.17, 15) is 4.79 Å². The van der Waals surface area contributed by atoms with Gasteiger partial charge in [0.2, 0.25) is 0 Å².